The molecule has 1 amide bonds. The summed E-state index contributed by atoms with van der Waals surface area (Å²) in [4.78, 5) is 10.8. The van der Waals surface area contributed by atoms with E-state index >= 15 is 0 Å². The van der Waals surface area contributed by atoms with E-state index in [0.717, 1.165) is 0 Å². The Hall–Kier alpha value is -2.07. The number of hydrogen-bond donors (Lipinski definition) is 1. The van der Waals surface area contributed by atoms with Gasteiger partial charge in [-0.3, -0.25) is 0 Å². The predicted octanol–water partition coefficient (Wildman–Crippen LogP) is 3.60. The molecular formula is C13H9ClFNO2. The molecular weight excluding hydrogens is 257 g/mol. The number of para-hydroxylation sites is 1. The van der Waals surface area contributed by atoms with Gasteiger partial charge in [0, 0.05) is 10.6 Å². The zero-order valence-corrected chi connectivity index (χ0v) is 9.95. The number of primary amides is 1. The van der Waals surface area contributed by atoms with Crippen LogP contribution >= 0.6 is 11.6 Å². The van der Waals surface area contributed by atoms with Crippen molar-refractivity contribution in [2.45, 2.75) is 0 Å². The van der Waals surface area contributed by atoms with Crippen LogP contribution in [0.15, 0.2) is 42.5 Å². The lowest BCUT2D eigenvalue weighted by Gasteiger charge is -2.09. The van der Waals surface area contributed by atoms with Gasteiger partial charge < -0.3 is 10.5 Å². The van der Waals surface area contributed by atoms with Gasteiger partial charge in [-0.05, 0) is 29.8 Å². The first kappa shape index (κ1) is 12.4. The summed E-state index contributed by atoms with van der Waals surface area (Å²) in [5, 5.41) is 0.263. The Labute approximate surface area is 108 Å². The molecule has 3 nitrogen and oxygen atoms in total. The van der Waals surface area contributed by atoms with Gasteiger partial charge in [0.15, 0.2) is 0 Å². The van der Waals surface area contributed by atoms with E-state index in [1.807, 2.05) is 0 Å². The molecule has 0 saturated carbocycles. The number of carbonyl (C=O) groups excluding carboxylic acids is 1. The van der Waals surface area contributed by atoms with Gasteiger partial charge in [-0.2, -0.15) is 0 Å². The summed E-state index contributed by atoms with van der Waals surface area (Å²) < 4.78 is 18.1. The van der Waals surface area contributed by atoms with Crippen molar-refractivity contribution in [2.24, 2.45) is 5.73 Å². The van der Waals surface area contributed by atoms with E-state index in [1.54, 1.807) is 30.3 Å². The molecule has 0 saturated heterocycles. The minimum Gasteiger partial charge on any atom is -0.410 e. The number of ether oxygens (including phenoxy) is 1. The summed E-state index contributed by atoms with van der Waals surface area (Å²) >= 11 is 5.79. The van der Waals surface area contributed by atoms with Crippen molar-refractivity contribution >= 4 is 17.7 Å². The monoisotopic (exact) mass is 265 g/mol. The van der Waals surface area contributed by atoms with Crippen molar-refractivity contribution in [1.29, 1.82) is 0 Å². The highest BCUT2D eigenvalue weighted by atomic mass is 35.5. The molecule has 0 heterocycles. The SMILES string of the molecule is NC(=O)Oc1ccccc1-c1cc(F)cc(Cl)c1. The van der Waals surface area contributed by atoms with Crippen LogP contribution in [-0.2, 0) is 0 Å². The third-order valence-corrected chi connectivity index (χ3v) is 2.49. The second kappa shape index (κ2) is 5.06. The quantitative estimate of drug-likeness (QED) is 0.902. The van der Waals surface area contributed by atoms with Crippen LogP contribution in [0.25, 0.3) is 11.1 Å². The van der Waals surface area contributed by atoms with E-state index < -0.39 is 11.9 Å². The molecule has 0 spiro atoms. The van der Waals surface area contributed by atoms with Gasteiger partial charge in [0.2, 0.25) is 0 Å². The molecule has 2 rings (SSSR count). The molecule has 2 aromatic carbocycles. The molecule has 92 valence electrons. The van der Waals surface area contributed by atoms with Crippen molar-refractivity contribution in [2.75, 3.05) is 0 Å². The molecule has 0 unspecified atom stereocenters. The minimum atomic E-state index is -0.926. The number of nitrogens with two attached hydrogens (primary N) is 1. The first-order valence-corrected chi connectivity index (χ1v) is 5.47. The molecule has 0 aromatic heterocycles. The molecule has 18 heavy (non-hydrogen) atoms. The number of halogens is 2. The Morgan fingerprint density at radius 3 is 2.61 bits per heavy atom. The number of hydrogen-bond acceptors (Lipinski definition) is 2. The summed E-state index contributed by atoms with van der Waals surface area (Å²) in [5.74, 6) is -0.210. The summed E-state index contributed by atoms with van der Waals surface area (Å²) in [6.07, 6.45) is -0.926. The van der Waals surface area contributed by atoms with Gasteiger partial charge in [-0.15, -0.1) is 0 Å². The predicted molar refractivity (Wildman–Crippen MR) is 67.1 cm³/mol. The van der Waals surface area contributed by atoms with Crippen LogP contribution < -0.4 is 10.5 Å². The average Bonchev–Trinajstić information content (AvgIpc) is 2.27. The van der Waals surface area contributed by atoms with Crippen LogP contribution in [0.4, 0.5) is 9.18 Å². The third kappa shape index (κ3) is 2.78. The average molecular weight is 266 g/mol. The standard InChI is InChI=1S/C13H9ClFNO2/c14-9-5-8(6-10(15)7-9)11-3-1-2-4-12(11)18-13(16)17/h1-7H,(H2,16,17). The summed E-state index contributed by atoms with van der Waals surface area (Å²) in [5.41, 5.74) is 6.02. The second-order valence-electron chi connectivity index (χ2n) is 3.58. The fourth-order valence-electron chi connectivity index (χ4n) is 1.61. The minimum absolute atomic E-state index is 0.256. The molecule has 0 aliphatic carbocycles. The van der Waals surface area contributed by atoms with E-state index in [1.165, 1.54) is 12.1 Å². The normalized spacial score (nSPS) is 10.1. The first-order valence-electron chi connectivity index (χ1n) is 5.09. The molecule has 0 aliphatic rings. The smallest absolute Gasteiger partial charge is 0.409 e. The molecule has 0 aliphatic heterocycles. The molecule has 2 aromatic rings. The highest BCUT2D eigenvalue weighted by Gasteiger charge is 2.09. The maximum Gasteiger partial charge on any atom is 0.409 e. The second-order valence-corrected chi connectivity index (χ2v) is 4.01. The molecule has 0 radical (unpaired) electrons. The highest BCUT2D eigenvalue weighted by molar-refractivity contribution is 6.30. The Balaban J connectivity index is 2.52. The summed E-state index contributed by atoms with van der Waals surface area (Å²) in [6, 6.07) is 10.7. The van der Waals surface area contributed by atoms with E-state index in [2.05, 4.69) is 0 Å². The maximum atomic E-state index is 13.3. The van der Waals surface area contributed by atoms with Gasteiger partial charge in [0.05, 0.1) is 0 Å². The molecule has 2 N–H and O–H groups in total. The lowest BCUT2D eigenvalue weighted by Crippen LogP contribution is -2.16. The van der Waals surface area contributed by atoms with Crippen LogP contribution in [0.1, 0.15) is 0 Å². The lowest BCUT2D eigenvalue weighted by atomic mass is 10.0. The van der Waals surface area contributed by atoms with Gasteiger partial charge in [-0.25, -0.2) is 9.18 Å². The van der Waals surface area contributed by atoms with E-state index in [9.17, 15) is 9.18 Å². The molecule has 0 atom stereocenters. The zero-order valence-electron chi connectivity index (χ0n) is 9.19. The maximum absolute atomic E-state index is 13.3. The number of carbonyl (C=O) groups is 1. The van der Waals surface area contributed by atoms with Gasteiger partial charge in [0.1, 0.15) is 11.6 Å². The Bertz CT molecular complexity index is 581. The molecule has 5 heteroatoms. The van der Waals surface area contributed by atoms with Crippen molar-refractivity contribution in [1.82, 2.24) is 0 Å². The van der Waals surface area contributed by atoms with Crippen molar-refractivity contribution in [3.8, 4) is 16.9 Å². The third-order valence-electron chi connectivity index (χ3n) is 2.27. The number of benzene rings is 2. The first-order chi connectivity index (χ1) is 8.56. The van der Waals surface area contributed by atoms with Crippen molar-refractivity contribution < 1.29 is 13.9 Å². The fourth-order valence-corrected chi connectivity index (χ4v) is 1.83. The van der Waals surface area contributed by atoms with Crippen molar-refractivity contribution in [3.63, 3.8) is 0 Å². The lowest BCUT2D eigenvalue weighted by molar-refractivity contribution is 0.211. The Morgan fingerprint density at radius 1 is 1.22 bits per heavy atom. The van der Waals surface area contributed by atoms with Gasteiger partial charge in [0.25, 0.3) is 0 Å². The van der Waals surface area contributed by atoms with Gasteiger partial charge in [-0.1, -0.05) is 29.8 Å². The zero-order chi connectivity index (χ0) is 13.1. The number of amides is 1. The van der Waals surface area contributed by atoms with Crippen LogP contribution in [-0.4, -0.2) is 6.09 Å². The fraction of sp³-hybridized carbons (Fsp3) is 0. The van der Waals surface area contributed by atoms with Crippen LogP contribution in [0.5, 0.6) is 5.75 Å². The number of rotatable bonds is 2. The van der Waals surface area contributed by atoms with E-state index in [4.69, 9.17) is 22.1 Å². The van der Waals surface area contributed by atoms with Crippen LogP contribution in [0, 0.1) is 5.82 Å². The largest absolute Gasteiger partial charge is 0.410 e. The Kier molecular flexibility index (Phi) is 3.48. The van der Waals surface area contributed by atoms with Crippen LogP contribution in [0.3, 0.4) is 0 Å². The Morgan fingerprint density at radius 2 is 1.94 bits per heavy atom. The summed E-state index contributed by atoms with van der Waals surface area (Å²) in [7, 11) is 0. The molecule has 0 bridgehead atoms. The van der Waals surface area contributed by atoms with Crippen molar-refractivity contribution in [3.05, 3.63) is 53.3 Å². The van der Waals surface area contributed by atoms with Gasteiger partial charge >= 0.3 is 6.09 Å². The van der Waals surface area contributed by atoms with Crippen LogP contribution in [0.2, 0.25) is 5.02 Å². The molecule has 0 fully saturated rings. The van der Waals surface area contributed by atoms with E-state index in [-0.39, 0.29) is 10.8 Å². The highest BCUT2D eigenvalue weighted by Crippen LogP contribution is 2.31. The van der Waals surface area contributed by atoms with E-state index in [0.29, 0.717) is 11.1 Å². The summed E-state index contributed by atoms with van der Waals surface area (Å²) in [6.45, 7) is 0. The topological polar surface area (TPSA) is 52.3 Å².